The van der Waals surface area contributed by atoms with Crippen LogP contribution in [0.4, 0.5) is 23.1 Å². The van der Waals surface area contributed by atoms with Crippen LogP contribution < -0.4 is 16.2 Å². The second-order valence-corrected chi connectivity index (χ2v) is 4.55. The summed E-state index contributed by atoms with van der Waals surface area (Å²) < 4.78 is 0. The molecule has 1 heterocycles. The van der Waals surface area contributed by atoms with E-state index in [1.54, 1.807) is 18.9 Å². The molecule has 0 aliphatic rings. The fourth-order valence-corrected chi connectivity index (χ4v) is 2.12. The normalized spacial score (nSPS) is 10.3. The molecule has 8 nitrogen and oxygen atoms in total. The molecule has 0 radical (unpaired) electrons. The zero-order valence-corrected chi connectivity index (χ0v) is 12.0. The van der Waals surface area contributed by atoms with E-state index >= 15 is 0 Å². The standard InChI is InChI=1S/C13H16N6O2/c1-8-6-4-5-7-10(8)18(3)12-11(19(20)21)9(2)15-13(16-12)17-14/h4-7H,14H2,1-3H3,(H,15,16,17). The van der Waals surface area contributed by atoms with Crippen molar-refractivity contribution in [3.05, 3.63) is 45.6 Å². The van der Waals surface area contributed by atoms with Crippen molar-refractivity contribution in [3.8, 4) is 0 Å². The number of para-hydroxylation sites is 1. The molecule has 0 amide bonds. The van der Waals surface area contributed by atoms with E-state index < -0.39 is 4.92 Å². The molecular formula is C13H16N6O2. The molecule has 0 saturated carbocycles. The van der Waals surface area contributed by atoms with E-state index in [0.29, 0.717) is 0 Å². The van der Waals surface area contributed by atoms with Gasteiger partial charge in [-0.1, -0.05) is 18.2 Å². The quantitative estimate of drug-likeness (QED) is 0.503. The molecule has 1 aromatic heterocycles. The summed E-state index contributed by atoms with van der Waals surface area (Å²) in [5.41, 5.74) is 4.23. The number of rotatable bonds is 4. The largest absolute Gasteiger partial charge is 0.333 e. The number of aryl methyl sites for hydroxylation is 2. The Labute approximate surface area is 121 Å². The highest BCUT2D eigenvalue weighted by molar-refractivity contribution is 5.71. The van der Waals surface area contributed by atoms with Crippen LogP contribution in [0.15, 0.2) is 24.3 Å². The fourth-order valence-electron chi connectivity index (χ4n) is 2.12. The molecule has 0 unspecified atom stereocenters. The van der Waals surface area contributed by atoms with E-state index in [2.05, 4.69) is 15.4 Å². The minimum absolute atomic E-state index is 0.133. The Bertz CT molecular complexity index is 688. The molecule has 3 N–H and O–H groups in total. The van der Waals surface area contributed by atoms with E-state index in [0.717, 1.165) is 11.3 Å². The maximum absolute atomic E-state index is 11.3. The van der Waals surface area contributed by atoms with E-state index in [4.69, 9.17) is 5.84 Å². The van der Waals surface area contributed by atoms with Gasteiger partial charge in [0.25, 0.3) is 0 Å². The number of anilines is 3. The monoisotopic (exact) mass is 288 g/mol. The van der Waals surface area contributed by atoms with Crippen LogP contribution in [0.2, 0.25) is 0 Å². The first-order valence-corrected chi connectivity index (χ1v) is 6.24. The van der Waals surface area contributed by atoms with Gasteiger partial charge in [-0.3, -0.25) is 15.5 Å². The van der Waals surface area contributed by atoms with Crippen molar-refractivity contribution < 1.29 is 4.92 Å². The van der Waals surface area contributed by atoms with Gasteiger partial charge in [0, 0.05) is 12.7 Å². The number of nitrogens with two attached hydrogens (primary N) is 1. The van der Waals surface area contributed by atoms with Crippen molar-refractivity contribution in [2.45, 2.75) is 13.8 Å². The van der Waals surface area contributed by atoms with Crippen molar-refractivity contribution in [2.24, 2.45) is 5.84 Å². The van der Waals surface area contributed by atoms with Gasteiger partial charge >= 0.3 is 5.69 Å². The van der Waals surface area contributed by atoms with Gasteiger partial charge in [0.15, 0.2) is 0 Å². The zero-order valence-electron chi connectivity index (χ0n) is 12.0. The van der Waals surface area contributed by atoms with Crippen molar-refractivity contribution >= 4 is 23.1 Å². The van der Waals surface area contributed by atoms with Gasteiger partial charge in [0.2, 0.25) is 11.8 Å². The van der Waals surface area contributed by atoms with Gasteiger partial charge in [0.05, 0.1) is 4.92 Å². The summed E-state index contributed by atoms with van der Waals surface area (Å²) >= 11 is 0. The summed E-state index contributed by atoms with van der Waals surface area (Å²) in [6.07, 6.45) is 0. The van der Waals surface area contributed by atoms with Crippen LogP contribution in [0.1, 0.15) is 11.3 Å². The van der Waals surface area contributed by atoms with Crippen LogP contribution in [0, 0.1) is 24.0 Å². The molecular weight excluding hydrogens is 272 g/mol. The molecule has 0 fully saturated rings. The molecule has 1 aromatic carbocycles. The molecule has 0 atom stereocenters. The molecule has 0 bridgehead atoms. The predicted molar refractivity (Wildman–Crippen MR) is 80.5 cm³/mol. The first-order chi connectivity index (χ1) is 9.95. The number of benzene rings is 1. The lowest BCUT2D eigenvalue weighted by Crippen LogP contribution is -2.19. The number of hydrogen-bond donors (Lipinski definition) is 2. The maximum Gasteiger partial charge on any atom is 0.333 e. The second kappa shape index (κ2) is 5.71. The molecule has 0 spiro atoms. The van der Waals surface area contributed by atoms with Crippen LogP contribution in [0.3, 0.4) is 0 Å². The van der Waals surface area contributed by atoms with Crippen molar-refractivity contribution in [3.63, 3.8) is 0 Å². The Hall–Kier alpha value is -2.74. The summed E-state index contributed by atoms with van der Waals surface area (Å²) in [7, 11) is 1.72. The van der Waals surface area contributed by atoms with E-state index in [1.807, 2.05) is 31.2 Å². The van der Waals surface area contributed by atoms with Gasteiger partial charge in [0.1, 0.15) is 5.69 Å². The van der Waals surface area contributed by atoms with Crippen LogP contribution in [-0.2, 0) is 0 Å². The summed E-state index contributed by atoms with van der Waals surface area (Å²) in [5.74, 6) is 5.64. The topological polar surface area (TPSA) is 110 Å². The predicted octanol–water partition coefficient (Wildman–Crippen LogP) is 2.06. The number of nitrogens with zero attached hydrogens (tertiary/aromatic N) is 4. The van der Waals surface area contributed by atoms with E-state index in [1.165, 1.54) is 0 Å². The number of nitrogen functional groups attached to an aromatic ring is 1. The molecule has 0 aliphatic heterocycles. The van der Waals surface area contributed by atoms with Crippen LogP contribution in [0.25, 0.3) is 0 Å². The van der Waals surface area contributed by atoms with Crippen molar-refractivity contribution in [1.82, 2.24) is 9.97 Å². The fraction of sp³-hybridized carbons (Fsp3) is 0.231. The number of aromatic nitrogens is 2. The van der Waals surface area contributed by atoms with E-state index in [9.17, 15) is 10.1 Å². The first kappa shape index (κ1) is 14.7. The number of nitrogens with one attached hydrogen (secondary N) is 1. The highest BCUT2D eigenvalue weighted by Gasteiger charge is 2.25. The number of nitro groups is 1. The molecule has 2 aromatic rings. The molecule has 110 valence electrons. The Balaban J connectivity index is 2.64. The Morgan fingerprint density at radius 1 is 1.29 bits per heavy atom. The van der Waals surface area contributed by atoms with Crippen molar-refractivity contribution in [1.29, 1.82) is 0 Å². The van der Waals surface area contributed by atoms with Crippen LogP contribution in [0.5, 0.6) is 0 Å². The summed E-state index contributed by atoms with van der Waals surface area (Å²) in [6, 6.07) is 7.56. The minimum Gasteiger partial charge on any atom is -0.323 e. The Morgan fingerprint density at radius 3 is 2.52 bits per heavy atom. The Morgan fingerprint density at radius 2 is 1.95 bits per heavy atom. The van der Waals surface area contributed by atoms with Gasteiger partial charge < -0.3 is 4.90 Å². The van der Waals surface area contributed by atoms with Gasteiger partial charge in [-0.15, -0.1) is 0 Å². The molecule has 21 heavy (non-hydrogen) atoms. The first-order valence-electron chi connectivity index (χ1n) is 6.24. The Kier molecular flexibility index (Phi) is 3.99. The van der Waals surface area contributed by atoms with Crippen LogP contribution in [-0.4, -0.2) is 21.9 Å². The highest BCUT2D eigenvalue weighted by atomic mass is 16.6. The van der Waals surface area contributed by atoms with E-state index in [-0.39, 0.29) is 23.1 Å². The zero-order chi connectivity index (χ0) is 15.6. The smallest absolute Gasteiger partial charge is 0.323 e. The third kappa shape index (κ3) is 2.75. The minimum atomic E-state index is -0.486. The SMILES string of the molecule is Cc1ccccc1N(C)c1nc(NN)nc(C)c1[N+](=O)[O-]. The summed E-state index contributed by atoms with van der Waals surface area (Å²) in [6.45, 7) is 3.48. The van der Waals surface area contributed by atoms with Gasteiger partial charge in [-0.25, -0.2) is 10.8 Å². The average molecular weight is 288 g/mol. The third-order valence-electron chi connectivity index (χ3n) is 3.15. The molecule has 8 heteroatoms. The van der Waals surface area contributed by atoms with Gasteiger partial charge in [-0.2, -0.15) is 4.98 Å². The summed E-state index contributed by atoms with van der Waals surface area (Å²) in [5, 5.41) is 11.3. The lowest BCUT2D eigenvalue weighted by Gasteiger charge is -2.21. The third-order valence-corrected chi connectivity index (χ3v) is 3.15. The molecule has 0 aliphatic carbocycles. The molecule has 0 saturated heterocycles. The summed E-state index contributed by atoms with van der Waals surface area (Å²) in [4.78, 5) is 20.6. The highest BCUT2D eigenvalue weighted by Crippen LogP contribution is 2.34. The van der Waals surface area contributed by atoms with Crippen molar-refractivity contribution in [2.75, 3.05) is 17.4 Å². The number of hydrazine groups is 1. The van der Waals surface area contributed by atoms with Crippen LogP contribution >= 0.6 is 0 Å². The number of hydrogen-bond acceptors (Lipinski definition) is 7. The average Bonchev–Trinajstić information content (AvgIpc) is 2.45. The van der Waals surface area contributed by atoms with Gasteiger partial charge in [-0.05, 0) is 25.5 Å². The second-order valence-electron chi connectivity index (χ2n) is 4.55. The maximum atomic E-state index is 11.3. The lowest BCUT2D eigenvalue weighted by atomic mass is 10.2. The lowest BCUT2D eigenvalue weighted by molar-refractivity contribution is -0.385. The molecule has 2 rings (SSSR count).